The van der Waals surface area contributed by atoms with Crippen LogP contribution in [0.1, 0.15) is 25.7 Å². The molecule has 0 amide bonds. The Morgan fingerprint density at radius 1 is 1.33 bits per heavy atom. The van der Waals surface area contributed by atoms with Gasteiger partial charge < -0.3 is 9.84 Å². The van der Waals surface area contributed by atoms with Gasteiger partial charge in [0.1, 0.15) is 6.04 Å². The topological polar surface area (TPSA) is 101 Å². The molecule has 0 spiro atoms. The van der Waals surface area contributed by atoms with Gasteiger partial charge in [0.2, 0.25) is 10.0 Å². The molecular formula is C10H17NO6S. The predicted octanol–water partition coefficient (Wildman–Crippen LogP) is -0.182. The summed E-state index contributed by atoms with van der Waals surface area (Å²) in [7, 11) is -2.84. The average molecular weight is 279 g/mol. The van der Waals surface area contributed by atoms with Crippen LogP contribution in [0.15, 0.2) is 0 Å². The molecule has 1 atom stereocenters. The summed E-state index contributed by atoms with van der Waals surface area (Å²) < 4.78 is 29.2. The van der Waals surface area contributed by atoms with Crippen LogP contribution in [-0.4, -0.2) is 55.2 Å². The molecule has 1 rings (SSSR count). The first kappa shape index (κ1) is 14.9. The summed E-state index contributed by atoms with van der Waals surface area (Å²) in [6, 6.07) is -1.08. The summed E-state index contributed by atoms with van der Waals surface area (Å²) in [6.07, 6.45) is 2.33. The Bertz CT molecular complexity index is 418. The zero-order valence-corrected chi connectivity index (χ0v) is 11.0. The second-order valence-corrected chi connectivity index (χ2v) is 6.07. The fraction of sp³-hybridized carbons (Fsp3) is 0.800. The van der Waals surface area contributed by atoms with Crippen LogP contribution in [0.4, 0.5) is 0 Å². The SMILES string of the molecule is COC(=O)CS(=O)(=O)N1CCCCCC1C(=O)O. The van der Waals surface area contributed by atoms with Crippen molar-refractivity contribution in [2.75, 3.05) is 19.4 Å². The van der Waals surface area contributed by atoms with Gasteiger partial charge in [0.15, 0.2) is 5.75 Å². The lowest BCUT2D eigenvalue weighted by Crippen LogP contribution is -2.46. The van der Waals surface area contributed by atoms with E-state index in [2.05, 4.69) is 4.74 Å². The smallest absolute Gasteiger partial charge is 0.322 e. The van der Waals surface area contributed by atoms with Crippen molar-refractivity contribution in [3.8, 4) is 0 Å². The van der Waals surface area contributed by atoms with Crippen molar-refractivity contribution in [2.24, 2.45) is 0 Å². The van der Waals surface area contributed by atoms with Crippen LogP contribution < -0.4 is 0 Å². The van der Waals surface area contributed by atoms with E-state index >= 15 is 0 Å². The Labute approximate surface area is 106 Å². The van der Waals surface area contributed by atoms with E-state index in [1.807, 2.05) is 0 Å². The molecule has 1 unspecified atom stereocenters. The first-order chi connectivity index (χ1) is 8.38. The van der Waals surface area contributed by atoms with Crippen LogP contribution >= 0.6 is 0 Å². The van der Waals surface area contributed by atoms with Crippen molar-refractivity contribution >= 4 is 22.0 Å². The van der Waals surface area contributed by atoms with Crippen LogP contribution in [0.25, 0.3) is 0 Å². The van der Waals surface area contributed by atoms with Gasteiger partial charge in [0.25, 0.3) is 0 Å². The standard InChI is InChI=1S/C10H17NO6S/c1-17-9(12)7-18(15,16)11-6-4-2-3-5-8(11)10(13)14/h8H,2-7H2,1H3,(H,13,14). The molecule has 0 bridgehead atoms. The van der Waals surface area contributed by atoms with Gasteiger partial charge in [0.05, 0.1) is 7.11 Å². The molecule has 1 aliphatic heterocycles. The number of methoxy groups -OCH3 is 1. The minimum atomic E-state index is -3.93. The second-order valence-electron chi connectivity index (χ2n) is 4.15. The molecule has 1 fully saturated rings. The highest BCUT2D eigenvalue weighted by Gasteiger charge is 2.36. The molecule has 0 aromatic carbocycles. The number of hydrogen-bond acceptors (Lipinski definition) is 5. The summed E-state index contributed by atoms with van der Waals surface area (Å²) in [6.45, 7) is 0.135. The Balaban J connectivity index is 2.93. The van der Waals surface area contributed by atoms with Gasteiger partial charge in [-0.1, -0.05) is 12.8 Å². The molecular weight excluding hydrogens is 262 g/mol. The number of rotatable bonds is 4. The van der Waals surface area contributed by atoms with E-state index in [1.165, 1.54) is 0 Å². The third-order valence-corrected chi connectivity index (χ3v) is 4.63. The van der Waals surface area contributed by atoms with E-state index in [-0.39, 0.29) is 13.0 Å². The number of hydrogen-bond donors (Lipinski definition) is 1. The summed E-state index contributed by atoms with van der Waals surface area (Å²) in [4.78, 5) is 22.2. The van der Waals surface area contributed by atoms with Crippen LogP contribution in [0.3, 0.4) is 0 Å². The molecule has 0 aliphatic carbocycles. The summed E-state index contributed by atoms with van der Waals surface area (Å²) >= 11 is 0. The van der Waals surface area contributed by atoms with Crippen LogP contribution in [0.2, 0.25) is 0 Å². The number of carboxylic acid groups (broad SMARTS) is 1. The van der Waals surface area contributed by atoms with Gasteiger partial charge in [-0.25, -0.2) is 8.42 Å². The van der Waals surface area contributed by atoms with Crippen LogP contribution in [0, 0.1) is 0 Å². The number of esters is 1. The average Bonchev–Trinajstić information content (AvgIpc) is 2.53. The maximum absolute atomic E-state index is 12.0. The number of nitrogens with zero attached hydrogens (tertiary/aromatic N) is 1. The summed E-state index contributed by atoms with van der Waals surface area (Å²) in [5, 5.41) is 9.07. The lowest BCUT2D eigenvalue weighted by molar-refractivity contribution is -0.142. The van der Waals surface area contributed by atoms with E-state index in [1.54, 1.807) is 0 Å². The quantitative estimate of drug-likeness (QED) is 0.716. The molecule has 8 heteroatoms. The fourth-order valence-electron chi connectivity index (χ4n) is 1.95. The van der Waals surface area contributed by atoms with Crippen molar-refractivity contribution in [3.63, 3.8) is 0 Å². The third kappa shape index (κ3) is 3.67. The molecule has 1 aliphatic rings. The number of sulfonamides is 1. The maximum Gasteiger partial charge on any atom is 0.322 e. The lowest BCUT2D eigenvalue weighted by Gasteiger charge is -2.25. The van der Waals surface area contributed by atoms with E-state index in [0.717, 1.165) is 17.8 Å². The number of aliphatic carboxylic acids is 1. The molecule has 0 aromatic rings. The highest BCUT2D eigenvalue weighted by atomic mass is 32.2. The number of carboxylic acids is 1. The third-order valence-electron chi connectivity index (χ3n) is 2.87. The normalized spacial score (nSPS) is 22.2. The zero-order chi connectivity index (χ0) is 13.8. The molecule has 0 radical (unpaired) electrons. The number of carbonyl (C=O) groups is 2. The van der Waals surface area contributed by atoms with Crippen molar-refractivity contribution in [1.82, 2.24) is 4.31 Å². The first-order valence-corrected chi connectivity index (χ1v) is 7.28. The van der Waals surface area contributed by atoms with E-state index in [4.69, 9.17) is 5.11 Å². The molecule has 7 nitrogen and oxygen atoms in total. The molecule has 0 aromatic heterocycles. The predicted molar refractivity (Wildman–Crippen MR) is 62.4 cm³/mol. The first-order valence-electron chi connectivity index (χ1n) is 5.67. The Kier molecular flexibility index (Phi) is 5.09. The maximum atomic E-state index is 12.0. The van der Waals surface area contributed by atoms with E-state index in [0.29, 0.717) is 12.8 Å². The number of ether oxygens (including phenoxy) is 1. The van der Waals surface area contributed by atoms with Crippen molar-refractivity contribution in [3.05, 3.63) is 0 Å². The van der Waals surface area contributed by atoms with Gasteiger partial charge in [-0.15, -0.1) is 0 Å². The molecule has 0 saturated carbocycles. The highest BCUT2D eigenvalue weighted by molar-refractivity contribution is 7.89. The van der Waals surface area contributed by atoms with E-state index in [9.17, 15) is 18.0 Å². The lowest BCUT2D eigenvalue weighted by atomic mass is 10.1. The fourth-order valence-corrected chi connectivity index (χ4v) is 3.52. The minimum Gasteiger partial charge on any atom is -0.480 e. The molecule has 104 valence electrons. The second kappa shape index (κ2) is 6.14. The van der Waals surface area contributed by atoms with Crippen LogP contribution in [-0.2, 0) is 24.3 Å². The summed E-state index contributed by atoms with van der Waals surface area (Å²) in [5.74, 6) is -2.87. The molecule has 1 heterocycles. The highest BCUT2D eigenvalue weighted by Crippen LogP contribution is 2.20. The number of carbonyl (C=O) groups excluding carboxylic acids is 1. The minimum absolute atomic E-state index is 0.135. The van der Waals surface area contributed by atoms with Gasteiger partial charge in [-0.3, -0.25) is 9.59 Å². The van der Waals surface area contributed by atoms with E-state index < -0.39 is 33.8 Å². The monoisotopic (exact) mass is 279 g/mol. The Hall–Kier alpha value is -1.15. The molecule has 1 N–H and O–H groups in total. The van der Waals surface area contributed by atoms with Crippen molar-refractivity contribution in [2.45, 2.75) is 31.7 Å². The summed E-state index contributed by atoms with van der Waals surface area (Å²) in [5.41, 5.74) is 0. The zero-order valence-electron chi connectivity index (χ0n) is 10.2. The van der Waals surface area contributed by atoms with Gasteiger partial charge in [0, 0.05) is 6.54 Å². The molecule has 1 saturated heterocycles. The Morgan fingerprint density at radius 3 is 2.56 bits per heavy atom. The van der Waals surface area contributed by atoms with Gasteiger partial charge in [-0.05, 0) is 12.8 Å². The van der Waals surface area contributed by atoms with Gasteiger partial charge in [-0.2, -0.15) is 4.31 Å². The van der Waals surface area contributed by atoms with Crippen molar-refractivity contribution in [1.29, 1.82) is 0 Å². The largest absolute Gasteiger partial charge is 0.480 e. The Morgan fingerprint density at radius 2 is 2.00 bits per heavy atom. The molecule has 18 heavy (non-hydrogen) atoms. The van der Waals surface area contributed by atoms with Crippen molar-refractivity contribution < 1.29 is 27.9 Å². The van der Waals surface area contributed by atoms with Crippen LogP contribution in [0.5, 0.6) is 0 Å². The van der Waals surface area contributed by atoms with Gasteiger partial charge >= 0.3 is 11.9 Å².